The van der Waals surface area contributed by atoms with E-state index in [0.29, 0.717) is 29.5 Å². The fourth-order valence-corrected chi connectivity index (χ4v) is 3.70. The third-order valence-corrected chi connectivity index (χ3v) is 5.25. The molecule has 0 aliphatic carbocycles. The van der Waals surface area contributed by atoms with Crippen molar-refractivity contribution in [1.29, 1.82) is 0 Å². The highest BCUT2D eigenvalue weighted by molar-refractivity contribution is 5.93. The van der Waals surface area contributed by atoms with E-state index in [1.807, 2.05) is 24.3 Å². The van der Waals surface area contributed by atoms with Crippen LogP contribution in [0.15, 0.2) is 42.5 Å². The number of aromatic nitrogens is 2. The minimum absolute atomic E-state index is 0.0721. The first kappa shape index (κ1) is 19.1. The number of carbonyl (C=O) groups is 1. The first-order valence-electron chi connectivity index (χ1n) is 9.68. The van der Waals surface area contributed by atoms with Crippen LogP contribution in [0.5, 0.6) is 5.88 Å². The number of aryl methyl sites for hydroxylation is 1. The van der Waals surface area contributed by atoms with Gasteiger partial charge in [-0.1, -0.05) is 12.1 Å². The maximum atomic E-state index is 13.3. The number of rotatable bonds is 4. The quantitative estimate of drug-likeness (QED) is 0.726. The maximum Gasteiger partial charge on any atom is 0.257 e. The number of ether oxygens (including phenoxy) is 1. The van der Waals surface area contributed by atoms with E-state index < -0.39 is 0 Å². The van der Waals surface area contributed by atoms with Crippen molar-refractivity contribution in [2.75, 3.05) is 30.4 Å². The standard InChI is InChI=1S/C22H23FN4O2/c1-14-12-16(23)9-10-17(14)25-21(28)15-6-5-11-27(13-15)20-22(29-2)26-19-8-4-3-7-18(19)24-20/h3-4,7-10,12,15H,5-6,11,13H2,1-2H3,(H,25,28). The van der Waals surface area contributed by atoms with Gasteiger partial charge in [0.25, 0.3) is 5.88 Å². The number of methoxy groups -OCH3 is 1. The maximum absolute atomic E-state index is 13.3. The van der Waals surface area contributed by atoms with Gasteiger partial charge in [0.05, 0.1) is 24.1 Å². The molecule has 0 bridgehead atoms. The van der Waals surface area contributed by atoms with Gasteiger partial charge in [0.2, 0.25) is 5.91 Å². The molecule has 7 heteroatoms. The molecule has 0 saturated carbocycles. The summed E-state index contributed by atoms with van der Waals surface area (Å²) in [7, 11) is 1.58. The third kappa shape index (κ3) is 3.99. The monoisotopic (exact) mass is 394 g/mol. The Kier molecular flexibility index (Phi) is 5.29. The second-order valence-electron chi connectivity index (χ2n) is 7.28. The number of nitrogens with one attached hydrogen (secondary N) is 1. The fourth-order valence-electron chi connectivity index (χ4n) is 3.70. The summed E-state index contributed by atoms with van der Waals surface area (Å²) in [6.07, 6.45) is 1.64. The highest BCUT2D eigenvalue weighted by atomic mass is 19.1. The minimum Gasteiger partial charge on any atom is -0.478 e. The van der Waals surface area contributed by atoms with Crippen LogP contribution in [0.2, 0.25) is 0 Å². The molecule has 0 spiro atoms. The number of anilines is 2. The zero-order valence-electron chi connectivity index (χ0n) is 16.5. The van der Waals surface area contributed by atoms with Gasteiger partial charge in [0, 0.05) is 18.8 Å². The van der Waals surface area contributed by atoms with Crippen molar-refractivity contribution in [2.45, 2.75) is 19.8 Å². The van der Waals surface area contributed by atoms with Crippen LogP contribution in [0.25, 0.3) is 11.0 Å². The van der Waals surface area contributed by atoms with Crippen molar-refractivity contribution in [3.63, 3.8) is 0 Å². The van der Waals surface area contributed by atoms with Gasteiger partial charge >= 0.3 is 0 Å². The van der Waals surface area contributed by atoms with E-state index in [0.717, 1.165) is 30.4 Å². The second-order valence-corrected chi connectivity index (χ2v) is 7.28. The predicted molar refractivity (Wildman–Crippen MR) is 111 cm³/mol. The number of amides is 1. The van der Waals surface area contributed by atoms with E-state index >= 15 is 0 Å². The van der Waals surface area contributed by atoms with Gasteiger partial charge in [-0.2, -0.15) is 0 Å². The smallest absolute Gasteiger partial charge is 0.257 e. The number of para-hydroxylation sites is 2. The number of piperidine rings is 1. The summed E-state index contributed by atoms with van der Waals surface area (Å²) in [4.78, 5) is 24.2. The Hall–Kier alpha value is -3.22. The molecular weight excluding hydrogens is 371 g/mol. The molecular formula is C22H23FN4O2. The molecule has 6 nitrogen and oxygen atoms in total. The molecule has 29 heavy (non-hydrogen) atoms. The van der Waals surface area contributed by atoms with E-state index in [4.69, 9.17) is 9.72 Å². The first-order valence-corrected chi connectivity index (χ1v) is 9.68. The molecule has 1 unspecified atom stereocenters. The van der Waals surface area contributed by atoms with E-state index in [1.165, 1.54) is 12.1 Å². The van der Waals surface area contributed by atoms with Gasteiger partial charge in [-0.25, -0.2) is 14.4 Å². The van der Waals surface area contributed by atoms with Crippen LogP contribution in [0.1, 0.15) is 18.4 Å². The van der Waals surface area contributed by atoms with Crippen LogP contribution in [0.3, 0.4) is 0 Å². The van der Waals surface area contributed by atoms with Crippen LogP contribution in [-0.2, 0) is 4.79 Å². The van der Waals surface area contributed by atoms with Crippen LogP contribution in [0.4, 0.5) is 15.9 Å². The largest absolute Gasteiger partial charge is 0.478 e. The van der Waals surface area contributed by atoms with Crippen molar-refractivity contribution in [3.8, 4) is 5.88 Å². The number of halogens is 1. The van der Waals surface area contributed by atoms with Crippen LogP contribution >= 0.6 is 0 Å². The van der Waals surface area contributed by atoms with E-state index in [2.05, 4.69) is 15.2 Å². The lowest BCUT2D eigenvalue weighted by atomic mass is 9.97. The fraction of sp³-hybridized carbons (Fsp3) is 0.318. The Balaban J connectivity index is 1.55. The van der Waals surface area contributed by atoms with Crippen molar-refractivity contribution >= 4 is 28.4 Å². The molecule has 3 aromatic rings. The second kappa shape index (κ2) is 8.03. The van der Waals surface area contributed by atoms with Crippen LogP contribution in [0, 0.1) is 18.7 Å². The zero-order valence-corrected chi connectivity index (χ0v) is 16.5. The number of nitrogens with zero attached hydrogens (tertiary/aromatic N) is 3. The Morgan fingerprint density at radius 3 is 2.69 bits per heavy atom. The molecule has 1 aromatic heterocycles. The highest BCUT2D eigenvalue weighted by Gasteiger charge is 2.29. The van der Waals surface area contributed by atoms with Crippen LogP contribution in [-0.4, -0.2) is 36.1 Å². The number of hydrogen-bond acceptors (Lipinski definition) is 5. The Morgan fingerprint density at radius 1 is 1.21 bits per heavy atom. The molecule has 1 aliphatic heterocycles. The lowest BCUT2D eigenvalue weighted by Gasteiger charge is -2.33. The lowest BCUT2D eigenvalue weighted by molar-refractivity contribution is -0.120. The highest BCUT2D eigenvalue weighted by Crippen LogP contribution is 2.31. The molecule has 2 heterocycles. The van der Waals surface area contributed by atoms with Crippen molar-refractivity contribution < 1.29 is 13.9 Å². The van der Waals surface area contributed by atoms with E-state index in [9.17, 15) is 9.18 Å². The van der Waals surface area contributed by atoms with Gasteiger partial charge in [-0.15, -0.1) is 0 Å². The summed E-state index contributed by atoms with van der Waals surface area (Å²) in [6, 6.07) is 12.0. The summed E-state index contributed by atoms with van der Waals surface area (Å²) in [5, 5.41) is 2.94. The molecule has 0 radical (unpaired) electrons. The zero-order chi connectivity index (χ0) is 20.4. The predicted octanol–water partition coefficient (Wildman–Crippen LogP) is 3.94. The molecule has 1 amide bonds. The summed E-state index contributed by atoms with van der Waals surface area (Å²) >= 11 is 0. The molecule has 2 aromatic carbocycles. The summed E-state index contributed by atoms with van der Waals surface area (Å²) in [6.45, 7) is 3.08. The molecule has 1 fully saturated rings. The normalized spacial score (nSPS) is 16.7. The molecule has 1 atom stereocenters. The Morgan fingerprint density at radius 2 is 1.97 bits per heavy atom. The Bertz CT molecular complexity index is 1060. The summed E-state index contributed by atoms with van der Waals surface area (Å²) in [5.41, 5.74) is 2.90. The van der Waals surface area contributed by atoms with Gasteiger partial charge < -0.3 is 15.0 Å². The van der Waals surface area contributed by atoms with Crippen molar-refractivity contribution in [1.82, 2.24) is 9.97 Å². The van der Waals surface area contributed by atoms with Gasteiger partial charge in [-0.3, -0.25) is 4.79 Å². The molecule has 4 rings (SSSR count). The number of carbonyl (C=O) groups excluding carboxylic acids is 1. The average molecular weight is 394 g/mol. The topological polar surface area (TPSA) is 67.4 Å². The van der Waals surface area contributed by atoms with Crippen LogP contribution < -0.4 is 15.0 Å². The molecule has 150 valence electrons. The third-order valence-electron chi connectivity index (χ3n) is 5.25. The number of hydrogen-bond donors (Lipinski definition) is 1. The molecule has 1 aliphatic rings. The van der Waals surface area contributed by atoms with Gasteiger partial charge in [0.1, 0.15) is 5.82 Å². The number of fused-ring (bicyclic) bond motifs is 1. The average Bonchev–Trinajstić information content (AvgIpc) is 2.74. The van der Waals surface area contributed by atoms with Gasteiger partial charge in [-0.05, 0) is 55.7 Å². The minimum atomic E-state index is -0.314. The van der Waals surface area contributed by atoms with Crippen molar-refractivity contribution in [3.05, 3.63) is 53.8 Å². The summed E-state index contributed by atoms with van der Waals surface area (Å²) < 4.78 is 18.8. The van der Waals surface area contributed by atoms with Crippen molar-refractivity contribution in [2.24, 2.45) is 5.92 Å². The number of benzene rings is 2. The Labute approximate surface area is 168 Å². The molecule has 1 saturated heterocycles. The van der Waals surface area contributed by atoms with Gasteiger partial charge in [0.15, 0.2) is 5.82 Å². The van der Waals surface area contributed by atoms with E-state index in [1.54, 1.807) is 20.1 Å². The van der Waals surface area contributed by atoms with E-state index in [-0.39, 0.29) is 17.6 Å². The summed E-state index contributed by atoms with van der Waals surface area (Å²) in [5.74, 6) is 0.524. The first-order chi connectivity index (χ1) is 14.0. The lowest BCUT2D eigenvalue weighted by Crippen LogP contribution is -2.41. The SMILES string of the molecule is COc1nc2ccccc2nc1N1CCCC(C(=O)Nc2ccc(F)cc2C)C1. The molecule has 1 N–H and O–H groups in total.